The third-order valence-corrected chi connectivity index (χ3v) is 4.25. The Kier molecular flexibility index (Phi) is 6.29. The summed E-state index contributed by atoms with van der Waals surface area (Å²) in [5, 5.41) is 12.7. The molecule has 0 radical (unpaired) electrons. The number of carbonyl (C=O) groups is 2. The van der Waals surface area contributed by atoms with Crippen LogP contribution in [0.2, 0.25) is 0 Å². The van der Waals surface area contributed by atoms with Crippen molar-refractivity contribution in [2.24, 2.45) is 11.8 Å². The van der Waals surface area contributed by atoms with E-state index in [1.54, 1.807) is 13.1 Å². The molecule has 0 saturated carbocycles. The van der Waals surface area contributed by atoms with Gasteiger partial charge in [-0.25, -0.2) is 0 Å². The van der Waals surface area contributed by atoms with Crippen molar-refractivity contribution in [2.45, 2.75) is 39.5 Å². The van der Waals surface area contributed by atoms with Crippen molar-refractivity contribution >= 4 is 28.5 Å². The number of rotatable bonds is 8. The Hall–Kier alpha value is -2.43. The van der Waals surface area contributed by atoms with Gasteiger partial charge in [0.05, 0.1) is 23.3 Å². The molecule has 1 heterocycles. The average molecular weight is 328 g/mol. The molecule has 2 N–H and O–H groups in total. The van der Waals surface area contributed by atoms with Gasteiger partial charge in [0.1, 0.15) is 0 Å². The fourth-order valence-corrected chi connectivity index (χ4v) is 2.56. The molecule has 1 aromatic heterocycles. The molecule has 0 aliphatic heterocycles. The molecule has 0 spiro atoms. The molecule has 2 aromatic rings. The Morgan fingerprint density at radius 1 is 1.12 bits per heavy atom. The lowest BCUT2D eigenvalue weighted by Crippen LogP contribution is -2.20. The molecular weight excluding hydrogens is 304 g/mol. The van der Waals surface area contributed by atoms with Crippen molar-refractivity contribution < 1.29 is 14.7 Å². The number of nitrogens with zero attached hydrogens (tertiary/aromatic N) is 1. The maximum absolute atomic E-state index is 12.3. The van der Waals surface area contributed by atoms with E-state index in [-0.39, 0.29) is 17.7 Å². The summed E-state index contributed by atoms with van der Waals surface area (Å²) in [4.78, 5) is 27.3. The number of anilines is 1. The number of aromatic nitrogens is 1. The molecule has 0 aliphatic carbocycles. The molecule has 5 heteroatoms. The highest BCUT2D eigenvalue weighted by molar-refractivity contribution is 5.94. The molecular formula is C19H24N2O3. The summed E-state index contributed by atoms with van der Waals surface area (Å²) in [5.41, 5.74) is 1.60. The highest BCUT2D eigenvalue weighted by atomic mass is 16.4. The maximum atomic E-state index is 12.3. The number of benzene rings is 1. The lowest BCUT2D eigenvalue weighted by Gasteiger charge is -2.13. The number of carbonyl (C=O) groups excluding carboxylic acids is 1. The Morgan fingerprint density at radius 2 is 1.79 bits per heavy atom. The van der Waals surface area contributed by atoms with Gasteiger partial charge in [-0.3, -0.25) is 14.6 Å². The van der Waals surface area contributed by atoms with Crippen molar-refractivity contribution in [3.63, 3.8) is 0 Å². The maximum Gasteiger partial charge on any atom is 0.306 e. The van der Waals surface area contributed by atoms with E-state index in [4.69, 9.17) is 5.11 Å². The Balaban J connectivity index is 1.81. The smallest absolute Gasteiger partial charge is 0.306 e. The molecule has 2 rings (SSSR count). The molecule has 24 heavy (non-hydrogen) atoms. The van der Waals surface area contributed by atoms with E-state index in [1.807, 2.05) is 37.3 Å². The lowest BCUT2D eigenvalue weighted by molar-refractivity contribution is -0.141. The average Bonchev–Trinajstić information content (AvgIpc) is 2.58. The van der Waals surface area contributed by atoms with Gasteiger partial charge in [0.2, 0.25) is 5.91 Å². The van der Waals surface area contributed by atoms with Gasteiger partial charge in [0, 0.05) is 11.3 Å². The molecule has 5 nitrogen and oxygen atoms in total. The lowest BCUT2D eigenvalue weighted by atomic mass is 9.98. The van der Waals surface area contributed by atoms with Crippen LogP contribution in [0.1, 0.15) is 39.5 Å². The number of amides is 1. The molecule has 2 unspecified atom stereocenters. The van der Waals surface area contributed by atoms with Crippen LogP contribution in [0.25, 0.3) is 10.9 Å². The summed E-state index contributed by atoms with van der Waals surface area (Å²) in [5.74, 6) is -1.22. The van der Waals surface area contributed by atoms with Gasteiger partial charge in [-0.05, 0) is 25.0 Å². The van der Waals surface area contributed by atoms with E-state index in [9.17, 15) is 9.59 Å². The molecule has 0 bridgehead atoms. The number of para-hydroxylation sites is 1. The van der Waals surface area contributed by atoms with E-state index >= 15 is 0 Å². The molecule has 0 fully saturated rings. The molecule has 128 valence electrons. The van der Waals surface area contributed by atoms with Gasteiger partial charge < -0.3 is 10.4 Å². The topological polar surface area (TPSA) is 79.3 Å². The summed E-state index contributed by atoms with van der Waals surface area (Å²) < 4.78 is 0. The first-order chi connectivity index (χ1) is 11.5. The van der Waals surface area contributed by atoms with Crippen LogP contribution in [-0.4, -0.2) is 22.0 Å². The fraction of sp³-hybridized carbons (Fsp3) is 0.421. The monoisotopic (exact) mass is 328 g/mol. The van der Waals surface area contributed by atoms with E-state index in [0.29, 0.717) is 12.1 Å². The zero-order valence-electron chi connectivity index (χ0n) is 14.2. The second-order valence-corrected chi connectivity index (χ2v) is 6.33. The summed E-state index contributed by atoms with van der Waals surface area (Å²) >= 11 is 0. The first-order valence-corrected chi connectivity index (χ1v) is 8.36. The highest BCUT2D eigenvalue weighted by Crippen LogP contribution is 2.18. The summed E-state index contributed by atoms with van der Waals surface area (Å²) in [6, 6.07) is 9.69. The van der Waals surface area contributed by atoms with Crippen LogP contribution in [0, 0.1) is 11.8 Å². The van der Waals surface area contributed by atoms with E-state index in [1.165, 1.54) is 0 Å². The number of carboxylic acids is 1. The highest BCUT2D eigenvalue weighted by Gasteiger charge is 2.14. The summed E-state index contributed by atoms with van der Waals surface area (Å²) in [7, 11) is 0. The van der Waals surface area contributed by atoms with Crippen molar-refractivity contribution in [1.82, 2.24) is 4.98 Å². The quantitative estimate of drug-likeness (QED) is 0.715. The van der Waals surface area contributed by atoms with Crippen LogP contribution < -0.4 is 5.32 Å². The van der Waals surface area contributed by atoms with Crippen molar-refractivity contribution in [1.29, 1.82) is 0 Å². The molecule has 2 atom stereocenters. The number of hydrogen-bond donors (Lipinski definition) is 2. The third kappa shape index (κ3) is 5.05. The van der Waals surface area contributed by atoms with Gasteiger partial charge in [-0.15, -0.1) is 0 Å². The van der Waals surface area contributed by atoms with Crippen LogP contribution in [0.5, 0.6) is 0 Å². The standard InChI is InChI=1S/C19H24N2O3/c1-13(7-3-4-8-14(2)19(23)24)18(22)21-16-11-15-9-5-6-10-17(15)20-12-16/h5-6,9-14H,3-4,7-8H2,1-2H3,(H,21,22)(H,23,24). The second-order valence-electron chi connectivity index (χ2n) is 6.33. The Morgan fingerprint density at radius 3 is 2.50 bits per heavy atom. The number of carboxylic acid groups (broad SMARTS) is 1. The minimum absolute atomic E-state index is 0.0293. The van der Waals surface area contributed by atoms with Gasteiger partial charge in [-0.1, -0.05) is 44.9 Å². The Labute approximate surface area is 142 Å². The minimum atomic E-state index is -0.760. The molecule has 1 aromatic carbocycles. The largest absolute Gasteiger partial charge is 0.481 e. The first-order valence-electron chi connectivity index (χ1n) is 8.36. The minimum Gasteiger partial charge on any atom is -0.481 e. The number of pyridine rings is 1. The number of aliphatic carboxylic acids is 1. The summed E-state index contributed by atoms with van der Waals surface area (Å²) in [6.45, 7) is 3.61. The van der Waals surface area contributed by atoms with Crippen LogP contribution in [-0.2, 0) is 9.59 Å². The van der Waals surface area contributed by atoms with Gasteiger partial charge in [0.15, 0.2) is 0 Å². The number of unbranched alkanes of at least 4 members (excludes halogenated alkanes) is 1. The molecule has 1 amide bonds. The molecule has 0 aliphatic rings. The van der Waals surface area contributed by atoms with Crippen molar-refractivity contribution in [3.05, 3.63) is 36.5 Å². The SMILES string of the molecule is CC(CCCCC(C)C(=O)Nc1cnc2ccccc2c1)C(=O)O. The van der Waals surface area contributed by atoms with Crippen molar-refractivity contribution in [2.75, 3.05) is 5.32 Å². The summed E-state index contributed by atoms with van der Waals surface area (Å²) in [6.07, 6.45) is 4.74. The second kappa shape index (κ2) is 8.43. The van der Waals surface area contributed by atoms with Crippen LogP contribution in [0.4, 0.5) is 5.69 Å². The number of hydrogen-bond acceptors (Lipinski definition) is 3. The van der Waals surface area contributed by atoms with Gasteiger partial charge >= 0.3 is 5.97 Å². The van der Waals surface area contributed by atoms with E-state index in [0.717, 1.165) is 30.2 Å². The number of nitrogens with one attached hydrogen (secondary N) is 1. The normalized spacial score (nSPS) is 13.4. The fourth-order valence-electron chi connectivity index (χ4n) is 2.56. The van der Waals surface area contributed by atoms with Crippen LogP contribution in [0.15, 0.2) is 36.5 Å². The number of fused-ring (bicyclic) bond motifs is 1. The van der Waals surface area contributed by atoms with Crippen LogP contribution in [0.3, 0.4) is 0 Å². The predicted octanol–water partition coefficient (Wildman–Crippen LogP) is 4.09. The van der Waals surface area contributed by atoms with Gasteiger partial charge in [-0.2, -0.15) is 0 Å². The van der Waals surface area contributed by atoms with Crippen LogP contribution >= 0.6 is 0 Å². The van der Waals surface area contributed by atoms with Gasteiger partial charge in [0.25, 0.3) is 0 Å². The molecule has 0 saturated heterocycles. The van der Waals surface area contributed by atoms with Crippen molar-refractivity contribution in [3.8, 4) is 0 Å². The Bertz CT molecular complexity index is 715. The zero-order valence-corrected chi connectivity index (χ0v) is 14.2. The third-order valence-electron chi connectivity index (χ3n) is 4.25. The first kappa shape index (κ1) is 17.9. The van der Waals surface area contributed by atoms with E-state index in [2.05, 4.69) is 10.3 Å². The predicted molar refractivity (Wildman–Crippen MR) is 94.8 cm³/mol. The zero-order chi connectivity index (χ0) is 17.5. The van der Waals surface area contributed by atoms with E-state index < -0.39 is 5.97 Å².